The van der Waals surface area contributed by atoms with Crippen LogP contribution < -0.4 is 11.2 Å². The zero-order valence-corrected chi connectivity index (χ0v) is 15.8. The first-order valence-corrected chi connectivity index (χ1v) is 9.94. The monoisotopic (exact) mass is 393 g/mol. The van der Waals surface area contributed by atoms with Crippen molar-refractivity contribution >= 4 is 21.2 Å². The van der Waals surface area contributed by atoms with Gasteiger partial charge in [0.2, 0.25) is 5.09 Å². The second-order valence-electron chi connectivity index (χ2n) is 6.58. The molecule has 0 aromatic carbocycles. The molecule has 3 aromatic rings. The average molecular weight is 393 g/mol. The molecule has 0 spiro atoms. The highest BCUT2D eigenvalue weighted by molar-refractivity contribution is 7.89. The van der Waals surface area contributed by atoms with E-state index in [2.05, 4.69) is 4.98 Å². The van der Waals surface area contributed by atoms with Crippen molar-refractivity contribution in [2.75, 3.05) is 13.1 Å². The van der Waals surface area contributed by atoms with Crippen LogP contribution in [-0.4, -0.2) is 44.5 Å². The summed E-state index contributed by atoms with van der Waals surface area (Å²) in [5, 5.41) is -0.107. The maximum Gasteiger partial charge on any atom is 0.332 e. The number of aryl methyl sites for hydroxylation is 1. The minimum Gasteiger partial charge on any atom is -0.446 e. The molecule has 0 bridgehead atoms. The fourth-order valence-electron chi connectivity index (χ4n) is 3.32. The number of aromatic nitrogens is 4. The van der Waals surface area contributed by atoms with Crippen LogP contribution in [-0.2, 0) is 30.7 Å². The van der Waals surface area contributed by atoms with Gasteiger partial charge in [-0.1, -0.05) is 0 Å². The van der Waals surface area contributed by atoms with E-state index in [1.165, 1.54) is 35.4 Å². The molecule has 1 saturated heterocycles. The van der Waals surface area contributed by atoms with Crippen molar-refractivity contribution in [3.05, 3.63) is 45.1 Å². The van der Waals surface area contributed by atoms with Gasteiger partial charge in [-0.05, 0) is 25.0 Å². The van der Waals surface area contributed by atoms with E-state index >= 15 is 0 Å². The van der Waals surface area contributed by atoms with E-state index in [9.17, 15) is 18.0 Å². The van der Waals surface area contributed by atoms with E-state index in [0.29, 0.717) is 18.8 Å². The second-order valence-corrected chi connectivity index (χ2v) is 8.45. The van der Waals surface area contributed by atoms with Crippen LogP contribution in [0.25, 0.3) is 11.2 Å². The van der Waals surface area contributed by atoms with Gasteiger partial charge in [0, 0.05) is 27.2 Å². The van der Waals surface area contributed by atoms with E-state index in [4.69, 9.17) is 4.42 Å². The van der Waals surface area contributed by atoms with Crippen molar-refractivity contribution in [2.45, 2.75) is 24.5 Å². The van der Waals surface area contributed by atoms with Crippen LogP contribution in [0.4, 0.5) is 0 Å². The molecule has 1 aliphatic heterocycles. The van der Waals surface area contributed by atoms with Gasteiger partial charge in [-0.15, -0.1) is 0 Å². The number of furan rings is 1. The zero-order valence-electron chi connectivity index (χ0n) is 15.0. The minimum atomic E-state index is -3.64. The van der Waals surface area contributed by atoms with Crippen LogP contribution in [0.15, 0.2) is 37.6 Å². The maximum absolute atomic E-state index is 12.6. The summed E-state index contributed by atoms with van der Waals surface area (Å²) in [6, 6.07) is 3.00. The van der Waals surface area contributed by atoms with Crippen molar-refractivity contribution in [2.24, 2.45) is 14.1 Å². The predicted molar refractivity (Wildman–Crippen MR) is 96.0 cm³/mol. The number of nitrogens with zero attached hydrogens (tertiary/aromatic N) is 5. The first-order valence-electron chi connectivity index (χ1n) is 8.50. The summed E-state index contributed by atoms with van der Waals surface area (Å²) in [4.78, 5) is 28.6. The van der Waals surface area contributed by atoms with Crippen molar-refractivity contribution in [1.29, 1.82) is 0 Å². The van der Waals surface area contributed by atoms with Gasteiger partial charge in [0.25, 0.3) is 15.6 Å². The standard InChI is InChI=1S/C16H19N5O5S/c1-18-14-13(15(22)19(2)16(18)23)20(10-17-14)9-11-5-6-12(26-11)27(24,25)21-7-3-4-8-21/h5-6,10H,3-4,7-9H2,1-2H3. The Morgan fingerprint density at radius 2 is 1.81 bits per heavy atom. The second kappa shape index (κ2) is 6.20. The number of sulfonamides is 1. The molecular weight excluding hydrogens is 374 g/mol. The molecule has 4 rings (SSSR count). The van der Waals surface area contributed by atoms with E-state index < -0.39 is 21.3 Å². The van der Waals surface area contributed by atoms with Gasteiger partial charge < -0.3 is 8.98 Å². The molecule has 0 aliphatic carbocycles. The Labute approximate surface area is 154 Å². The molecule has 0 radical (unpaired) electrons. The molecule has 144 valence electrons. The van der Waals surface area contributed by atoms with Gasteiger partial charge in [0.1, 0.15) is 5.76 Å². The Kier molecular flexibility index (Phi) is 4.07. The number of imidazole rings is 1. The van der Waals surface area contributed by atoms with Gasteiger partial charge in [0.05, 0.1) is 12.9 Å². The highest BCUT2D eigenvalue weighted by Gasteiger charge is 2.30. The number of fused-ring (bicyclic) bond motifs is 1. The normalized spacial score (nSPS) is 15.8. The van der Waals surface area contributed by atoms with Crippen LogP contribution in [0.3, 0.4) is 0 Å². The highest BCUT2D eigenvalue weighted by Crippen LogP contribution is 2.23. The molecule has 0 amide bonds. The Morgan fingerprint density at radius 3 is 2.52 bits per heavy atom. The molecule has 0 unspecified atom stereocenters. The Bertz CT molecular complexity index is 1240. The molecule has 0 saturated carbocycles. The van der Waals surface area contributed by atoms with E-state index in [1.807, 2.05) is 0 Å². The minimum absolute atomic E-state index is 0.107. The molecule has 27 heavy (non-hydrogen) atoms. The van der Waals surface area contributed by atoms with Crippen LogP contribution >= 0.6 is 0 Å². The van der Waals surface area contributed by atoms with Crippen molar-refractivity contribution in [1.82, 2.24) is 23.0 Å². The first-order chi connectivity index (χ1) is 12.8. The zero-order chi connectivity index (χ0) is 19.3. The summed E-state index contributed by atoms with van der Waals surface area (Å²) in [6.07, 6.45) is 3.12. The molecule has 10 nitrogen and oxygen atoms in total. The lowest BCUT2D eigenvalue weighted by Crippen LogP contribution is -2.37. The molecule has 1 aliphatic rings. The first kappa shape index (κ1) is 17.7. The third-order valence-corrected chi connectivity index (χ3v) is 6.61. The summed E-state index contributed by atoms with van der Waals surface area (Å²) < 4.78 is 35.9. The molecule has 3 aromatic heterocycles. The van der Waals surface area contributed by atoms with Gasteiger partial charge in [-0.3, -0.25) is 13.9 Å². The lowest BCUT2D eigenvalue weighted by Gasteiger charge is -2.12. The average Bonchev–Trinajstić information content (AvgIpc) is 3.38. The van der Waals surface area contributed by atoms with Crippen LogP contribution in [0.1, 0.15) is 18.6 Å². The highest BCUT2D eigenvalue weighted by atomic mass is 32.2. The van der Waals surface area contributed by atoms with E-state index in [1.54, 1.807) is 10.6 Å². The van der Waals surface area contributed by atoms with Gasteiger partial charge in [-0.25, -0.2) is 18.2 Å². The van der Waals surface area contributed by atoms with Crippen LogP contribution in [0.5, 0.6) is 0 Å². The largest absolute Gasteiger partial charge is 0.446 e. The van der Waals surface area contributed by atoms with Crippen molar-refractivity contribution < 1.29 is 12.8 Å². The fraction of sp³-hybridized carbons (Fsp3) is 0.438. The quantitative estimate of drug-likeness (QED) is 0.610. The van der Waals surface area contributed by atoms with Gasteiger partial charge in [-0.2, -0.15) is 4.31 Å². The Morgan fingerprint density at radius 1 is 1.11 bits per heavy atom. The third-order valence-electron chi connectivity index (χ3n) is 4.84. The van der Waals surface area contributed by atoms with Crippen LogP contribution in [0.2, 0.25) is 0 Å². The van der Waals surface area contributed by atoms with Crippen LogP contribution in [0, 0.1) is 0 Å². The molecule has 1 fully saturated rings. The van der Waals surface area contributed by atoms with Gasteiger partial charge in [0.15, 0.2) is 11.2 Å². The summed E-state index contributed by atoms with van der Waals surface area (Å²) in [5.41, 5.74) is -0.420. The smallest absolute Gasteiger partial charge is 0.332 e. The molecule has 0 atom stereocenters. The number of hydrogen-bond donors (Lipinski definition) is 0. The van der Waals surface area contributed by atoms with Crippen molar-refractivity contribution in [3.8, 4) is 0 Å². The summed E-state index contributed by atoms with van der Waals surface area (Å²) in [6.45, 7) is 1.11. The topological polar surface area (TPSA) is 112 Å². The third kappa shape index (κ3) is 2.73. The van der Waals surface area contributed by atoms with Gasteiger partial charge >= 0.3 is 5.69 Å². The maximum atomic E-state index is 12.6. The number of rotatable bonds is 4. The Balaban J connectivity index is 1.71. The lowest BCUT2D eigenvalue weighted by atomic mass is 10.4. The molecule has 4 heterocycles. The summed E-state index contributed by atoms with van der Waals surface area (Å²) >= 11 is 0. The van der Waals surface area contributed by atoms with E-state index in [0.717, 1.165) is 17.4 Å². The SMILES string of the molecule is Cn1c(=O)c2c(ncn2Cc2ccc(S(=O)(=O)N3CCCC3)o2)n(C)c1=O. The molecular formula is C16H19N5O5S. The summed E-state index contributed by atoms with van der Waals surface area (Å²) in [7, 11) is -0.701. The predicted octanol–water partition coefficient (Wildman–Crippen LogP) is -0.140. The van der Waals surface area contributed by atoms with E-state index in [-0.39, 0.29) is 22.8 Å². The molecule has 0 N–H and O–H groups in total. The fourth-order valence-corrected chi connectivity index (χ4v) is 4.77. The summed E-state index contributed by atoms with van der Waals surface area (Å²) in [5.74, 6) is 0.378. The van der Waals surface area contributed by atoms with Crippen molar-refractivity contribution in [3.63, 3.8) is 0 Å². The lowest BCUT2D eigenvalue weighted by molar-refractivity contribution is 0.385. The Hall–Kier alpha value is -2.66. The number of hydrogen-bond acceptors (Lipinski definition) is 6. The molecule has 11 heteroatoms.